The molecule has 12 heteroatoms. The summed E-state index contributed by atoms with van der Waals surface area (Å²) in [6.07, 6.45) is 0.805. The molecule has 154 valence electrons. The van der Waals surface area contributed by atoms with Crippen LogP contribution in [-0.2, 0) is 20.0 Å². The number of nitrogens with one attached hydrogen (secondary N) is 1. The highest BCUT2D eigenvalue weighted by molar-refractivity contribution is 9.10. The molecule has 3 rings (SSSR count). The molecule has 0 unspecified atom stereocenters. The first kappa shape index (κ1) is 21.4. The minimum atomic E-state index is -4.51. The van der Waals surface area contributed by atoms with Crippen LogP contribution in [0.5, 0.6) is 0 Å². The number of nitrogens with zero attached hydrogens (tertiary/aromatic N) is 1. The summed E-state index contributed by atoms with van der Waals surface area (Å²) in [7, 11) is -8.64. The quantitative estimate of drug-likeness (QED) is 0.527. The zero-order valence-electron chi connectivity index (χ0n) is 14.5. The Hall–Kier alpha value is -2.31. The molecule has 0 saturated heterocycles. The summed E-state index contributed by atoms with van der Waals surface area (Å²) in [5, 5.41) is 0. The van der Waals surface area contributed by atoms with Crippen molar-refractivity contribution in [3.63, 3.8) is 0 Å². The Morgan fingerprint density at radius 2 is 1.45 bits per heavy atom. The number of sulfonamides is 1. The maximum atomic E-state index is 13.8. The largest absolute Gasteiger partial charge is 0.276 e. The monoisotopic (exact) mass is 508 g/mol. The van der Waals surface area contributed by atoms with E-state index in [4.69, 9.17) is 0 Å². The molecule has 2 aromatic carbocycles. The molecule has 0 aliphatic carbocycles. The highest BCUT2D eigenvalue weighted by atomic mass is 79.9. The third-order valence-electron chi connectivity index (χ3n) is 3.86. The van der Waals surface area contributed by atoms with Gasteiger partial charge in [-0.1, -0.05) is 17.7 Å². The number of aromatic nitrogens is 1. The van der Waals surface area contributed by atoms with Crippen LogP contribution in [-0.4, -0.2) is 20.8 Å². The standard InChI is InChI=1S/C17H12BrF3N2O4S2/c1-10-2-4-11(5-3-10)29(26,27)23-9-12(6-17(23)18)28(24,25)22-16-8-14(20)13(19)7-15(16)21/h2-9,22H,1H3. The van der Waals surface area contributed by atoms with Crippen LogP contribution in [0.2, 0.25) is 0 Å². The van der Waals surface area contributed by atoms with Crippen molar-refractivity contribution in [2.75, 3.05) is 4.72 Å². The summed E-state index contributed by atoms with van der Waals surface area (Å²) in [5.41, 5.74) is 0.00529. The number of halogens is 4. The molecule has 0 bridgehead atoms. The van der Waals surface area contributed by atoms with Gasteiger partial charge in [0.2, 0.25) is 0 Å². The zero-order valence-corrected chi connectivity index (χ0v) is 17.7. The van der Waals surface area contributed by atoms with Gasteiger partial charge in [-0.2, -0.15) is 0 Å². The summed E-state index contributed by atoms with van der Waals surface area (Å²) < 4.78 is 93.0. The van der Waals surface area contributed by atoms with Crippen LogP contribution in [0.1, 0.15) is 5.56 Å². The molecule has 1 N–H and O–H groups in total. The van der Waals surface area contributed by atoms with E-state index in [2.05, 4.69) is 15.9 Å². The number of rotatable bonds is 5. The van der Waals surface area contributed by atoms with E-state index in [9.17, 15) is 30.0 Å². The Labute approximate surface area is 173 Å². The first-order valence-electron chi connectivity index (χ1n) is 7.79. The van der Waals surface area contributed by atoms with Crippen LogP contribution in [0, 0.1) is 24.4 Å². The predicted octanol–water partition coefficient (Wildman–Crippen LogP) is 4.01. The van der Waals surface area contributed by atoms with E-state index >= 15 is 0 Å². The summed E-state index contributed by atoms with van der Waals surface area (Å²) in [4.78, 5) is -0.618. The van der Waals surface area contributed by atoms with Crippen LogP contribution >= 0.6 is 15.9 Å². The van der Waals surface area contributed by atoms with Crippen molar-refractivity contribution in [1.29, 1.82) is 0 Å². The molecule has 3 aromatic rings. The van der Waals surface area contributed by atoms with Crippen molar-refractivity contribution in [1.82, 2.24) is 3.97 Å². The van der Waals surface area contributed by atoms with Crippen molar-refractivity contribution < 1.29 is 30.0 Å². The first-order chi connectivity index (χ1) is 13.4. The van der Waals surface area contributed by atoms with Crippen molar-refractivity contribution in [3.05, 3.63) is 76.3 Å². The normalized spacial score (nSPS) is 12.2. The Morgan fingerprint density at radius 3 is 2.07 bits per heavy atom. The van der Waals surface area contributed by atoms with Gasteiger partial charge in [0.25, 0.3) is 20.0 Å². The van der Waals surface area contributed by atoms with Gasteiger partial charge in [0.1, 0.15) is 15.3 Å². The van der Waals surface area contributed by atoms with E-state index in [0.29, 0.717) is 10.0 Å². The van der Waals surface area contributed by atoms with Gasteiger partial charge < -0.3 is 0 Å². The molecule has 0 saturated carbocycles. The minimum absolute atomic E-state index is 0.0806. The lowest BCUT2D eigenvalue weighted by Gasteiger charge is -2.09. The van der Waals surface area contributed by atoms with Crippen LogP contribution < -0.4 is 4.72 Å². The van der Waals surface area contributed by atoms with Crippen LogP contribution in [0.25, 0.3) is 0 Å². The van der Waals surface area contributed by atoms with Crippen molar-refractivity contribution in [2.24, 2.45) is 0 Å². The fraction of sp³-hybridized carbons (Fsp3) is 0.0588. The van der Waals surface area contributed by atoms with Crippen LogP contribution in [0.4, 0.5) is 18.9 Å². The van der Waals surface area contributed by atoms with E-state index < -0.39 is 48.1 Å². The van der Waals surface area contributed by atoms with Crippen LogP contribution in [0.15, 0.2) is 63.1 Å². The second-order valence-corrected chi connectivity index (χ2v) is 10.3. The average Bonchev–Trinajstić information content (AvgIpc) is 3.03. The summed E-state index contributed by atoms with van der Waals surface area (Å²) in [5.74, 6) is -4.27. The topological polar surface area (TPSA) is 85.2 Å². The minimum Gasteiger partial charge on any atom is -0.276 e. The maximum Gasteiger partial charge on any atom is 0.268 e. The van der Waals surface area contributed by atoms with Gasteiger partial charge in [-0.15, -0.1) is 0 Å². The van der Waals surface area contributed by atoms with Gasteiger partial charge in [0.05, 0.1) is 10.6 Å². The number of hydrogen-bond donors (Lipinski definition) is 1. The first-order valence-corrected chi connectivity index (χ1v) is 11.5. The molecule has 0 amide bonds. The Bertz CT molecular complexity index is 1310. The van der Waals surface area contributed by atoms with E-state index in [1.807, 2.05) is 0 Å². The lowest BCUT2D eigenvalue weighted by atomic mass is 10.2. The lowest BCUT2D eigenvalue weighted by Crippen LogP contribution is -2.15. The van der Waals surface area contributed by atoms with Gasteiger partial charge in [-0.3, -0.25) is 4.72 Å². The van der Waals surface area contributed by atoms with E-state index in [0.717, 1.165) is 17.8 Å². The molecule has 0 spiro atoms. The second kappa shape index (κ2) is 7.50. The smallest absolute Gasteiger partial charge is 0.268 e. The van der Waals surface area contributed by atoms with Gasteiger partial charge in [0, 0.05) is 18.3 Å². The maximum absolute atomic E-state index is 13.8. The summed E-state index contributed by atoms with van der Waals surface area (Å²) >= 11 is 2.99. The zero-order chi connectivity index (χ0) is 21.6. The lowest BCUT2D eigenvalue weighted by molar-refractivity contribution is 0.496. The molecule has 0 atom stereocenters. The molecule has 1 aromatic heterocycles. The predicted molar refractivity (Wildman–Crippen MR) is 103 cm³/mol. The van der Waals surface area contributed by atoms with Crippen molar-refractivity contribution in [3.8, 4) is 0 Å². The highest BCUT2D eigenvalue weighted by Crippen LogP contribution is 2.27. The SMILES string of the molecule is Cc1ccc(S(=O)(=O)n2cc(S(=O)(=O)Nc3cc(F)c(F)cc3F)cc2Br)cc1. The fourth-order valence-corrected chi connectivity index (χ4v) is 5.81. The van der Waals surface area contributed by atoms with Gasteiger partial charge in [0.15, 0.2) is 11.6 Å². The van der Waals surface area contributed by atoms with E-state index in [1.165, 1.54) is 12.1 Å². The second-order valence-electron chi connectivity index (χ2n) is 5.96. The molecule has 0 aliphatic rings. The molecule has 1 heterocycles. The van der Waals surface area contributed by atoms with Gasteiger partial charge in [-0.25, -0.2) is 34.0 Å². The van der Waals surface area contributed by atoms with Crippen molar-refractivity contribution in [2.45, 2.75) is 16.7 Å². The number of benzene rings is 2. The highest BCUT2D eigenvalue weighted by Gasteiger charge is 2.26. The van der Waals surface area contributed by atoms with E-state index in [-0.39, 0.29) is 15.6 Å². The third kappa shape index (κ3) is 4.19. The Kier molecular flexibility index (Phi) is 5.54. The number of anilines is 1. The Morgan fingerprint density at radius 1 is 0.862 bits per heavy atom. The average molecular weight is 509 g/mol. The van der Waals surface area contributed by atoms with Crippen LogP contribution in [0.3, 0.4) is 0 Å². The van der Waals surface area contributed by atoms with Crippen molar-refractivity contribution >= 4 is 41.7 Å². The molecule has 0 radical (unpaired) electrons. The molecule has 0 aliphatic heterocycles. The molecule has 6 nitrogen and oxygen atoms in total. The number of hydrogen-bond acceptors (Lipinski definition) is 4. The molecule has 29 heavy (non-hydrogen) atoms. The molecular weight excluding hydrogens is 497 g/mol. The third-order valence-corrected chi connectivity index (χ3v) is 7.72. The van der Waals surface area contributed by atoms with E-state index in [1.54, 1.807) is 23.8 Å². The molecular formula is C17H12BrF3N2O4S2. The Balaban J connectivity index is 2.01. The fourth-order valence-electron chi connectivity index (χ4n) is 2.35. The molecule has 0 fully saturated rings. The summed E-state index contributed by atoms with van der Waals surface area (Å²) in [6, 6.07) is 7.39. The number of aryl methyl sites for hydroxylation is 1. The van der Waals surface area contributed by atoms with Gasteiger partial charge >= 0.3 is 0 Å². The summed E-state index contributed by atoms with van der Waals surface area (Å²) in [6.45, 7) is 1.77. The van der Waals surface area contributed by atoms with Gasteiger partial charge in [-0.05, 0) is 41.1 Å².